The molecule has 8 N–H and O–H groups in total. The van der Waals surface area contributed by atoms with Gasteiger partial charge in [0.05, 0.1) is 44.1 Å². The van der Waals surface area contributed by atoms with E-state index in [4.69, 9.17) is 18.9 Å². The number of ketones is 4. The molecule has 8 aliphatic heterocycles. The van der Waals surface area contributed by atoms with Crippen molar-refractivity contribution in [1.82, 2.24) is 19.6 Å². The molecule has 4 spiro atoms. The normalized spacial score (nSPS) is 40.0. The number of nitrogens with zero attached hydrogens (tertiary/aromatic N) is 4. The SMILES string of the molecule is C=CCN1CC[C@@]23c4c5ccc(O)c4O[C@@H]2C(=O)CC[C@]3(O)C1C5.C=CCN1CC[C@]23c4c5ccc(O)c4O[C@H]2C(=O)CC[C@@]3(O)C1C5.O=C1CC[C@@]2(O)C3Cc4ccc(O)c5c4[C@@]2(CCN3CC2CCC2)[C@H]1O5.O=C1CC[C@]2(O)C3Cc4ccc(O)c5c4[C@]2(CCN3CC2CCC2)[C@@H]1O5. The first-order valence-corrected chi connectivity index (χ1v) is 37.4. The van der Waals surface area contributed by atoms with E-state index < -0.39 is 68.5 Å². The van der Waals surface area contributed by atoms with E-state index in [2.05, 4.69) is 32.8 Å². The smallest absolute Gasteiger partial charge is 0.174 e. The molecule has 20 heteroatoms. The van der Waals surface area contributed by atoms with E-state index in [1.807, 2.05) is 36.4 Å². The average Bonchev–Trinajstić information content (AvgIpc) is 1.46. The Morgan fingerprint density at radius 1 is 0.380 bits per heavy atom. The van der Waals surface area contributed by atoms with Gasteiger partial charge in [-0.05, 0) is 174 Å². The summed E-state index contributed by atoms with van der Waals surface area (Å²) in [5.41, 5.74) is 1.41. The van der Waals surface area contributed by atoms with E-state index in [1.165, 1.54) is 38.5 Å². The lowest BCUT2D eigenvalue weighted by Crippen LogP contribution is -2.76. The number of phenolic OH excluding ortho intramolecular Hbond substituents is 4. The number of carbonyl (C=O) groups excluding carboxylic acids is 4. The van der Waals surface area contributed by atoms with Crippen molar-refractivity contribution in [3.63, 3.8) is 0 Å². The van der Waals surface area contributed by atoms with Gasteiger partial charge in [-0.1, -0.05) is 49.3 Å². The van der Waals surface area contributed by atoms with Gasteiger partial charge in [0, 0.05) is 111 Å². The lowest BCUT2D eigenvalue weighted by molar-refractivity contribution is -0.190. The van der Waals surface area contributed by atoms with Gasteiger partial charge in [-0.2, -0.15) is 0 Å². The zero-order valence-electron chi connectivity index (χ0n) is 56.8. The van der Waals surface area contributed by atoms with Gasteiger partial charge in [-0.25, -0.2) is 0 Å². The fraction of sp³-hybridized carbons (Fsp3) is 0.600. The van der Waals surface area contributed by atoms with Gasteiger partial charge in [0.25, 0.3) is 0 Å². The van der Waals surface area contributed by atoms with Crippen LogP contribution in [0, 0.1) is 11.8 Å². The minimum absolute atomic E-state index is 0.0408. The molecule has 0 amide bonds. The van der Waals surface area contributed by atoms with Crippen LogP contribution in [0.2, 0.25) is 0 Å². The maximum atomic E-state index is 12.8. The third-order valence-corrected chi connectivity index (χ3v) is 29.6. The van der Waals surface area contributed by atoms with Crippen molar-refractivity contribution < 1.29 is 79.0 Å². The van der Waals surface area contributed by atoms with Gasteiger partial charge in [-0.15, -0.1) is 13.2 Å². The molecule has 8 heterocycles. The molecule has 10 fully saturated rings. The lowest BCUT2D eigenvalue weighted by atomic mass is 9.49. The van der Waals surface area contributed by atoms with Gasteiger partial charge >= 0.3 is 0 Å². The minimum Gasteiger partial charge on any atom is -0.504 e. The Morgan fingerprint density at radius 3 is 0.870 bits per heavy atom. The Morgan fingerprint density at radius 2 is 0.630 bits per heavy atom. The van der Waals surface area contributed by atoms with Gasteiger partial charge < -0.3 is 59.8 Å². The molecule has 4 aromatic rings. The number of hydrogen-bond acceptors (Lipinski definition) is 20. The van der Waals surface area contributed by atoms with Gasteiger partial charge in [-0.3, -0.25) is 38.8 Å². The molecule has 4 saturated heterocycles. The first-order chi connectivity index (χ1) is 48.1. The van der Waals surface area contributed by atoms with Crippen LogP contribution in [0.3, 0.4) is 0 Å². The second kappa shape index (κ2) is 21.8. The Labute approximate surface area is 581 Å². The number of Topliss-reactive ketones (excluding diaryl/α,β-unsaturated/α-hetero) is 4. The summed E-state index contributed by atoms with van der Waals surface area (Å²) in [5, 5.41) is 89.0. The summed E-state index contributed by atoms with van der Waals surface area (Å²) in [6, 6.07) is 14.4. The van der Waals surface area contributed by atoms with E-state index in [1.54, 1.807) is 24.3 Å². The highest BCUT2D eigenvalue weighted by Crippen LogP contribution is 2.70. The number of rotatable bonds is 8. The monoisotopic (exact) mass is 1360 g/mol. The van der Waals surface area contributed by atoms with Crippen molar-refractivity contribution in [3.8, 4) is 46.0 Å². The Hall–Kier alpha value is -6.88. The van der Waals surface area contributed by atoms with Crippen LogP contribution >= 0.6 is 0 Å². The van der Waals surface area contributed by atoms with E-state index in [0.29, 0.717) is 100 Å². The predicted molar refractivity (Wildman–Crippen MR) is 363 cm³/mol. The predicted octanol–water partition coefficient (Wildman–Crippen LogP) is 6.43. The second-order valence-electron chi connectivity index (χ2n) is 33.3. The number of piperidine rings is 4. The Kier molecular flexibility index (Phi) is 14.0. The van der Waals surface area contributed by atoms with Crippen LogP contribution in [-0.4, -0.2) is 207 Å². The number of aliphatic hydroxyl groups is 4. The summed E-state index contributed by atoms with van der Waals surface area (Å²) in [5.74, 6) is 3.81. The molecule has 0 radical (unpaired) electrons. The minimum atomic E-state index is -1.00. The third-order valence-electron chi connectivity index (χ3n) is 29.6. The van der Waals surface area contributed by atoms with Crippen LogP contribution < -0.4 is 18.9 Å². The van der Waals surface area contributed by atoms with Gasteiger partial charge in [0.1, 0.15) is 0 Å². The molecule has 100 heavy (non-hydrogen) atoms. The summed E-state index contributed by atoms with van der Waals surface area (Å²) < 4.78 is 24.1. The molecule has 0 aromatic heterocycles. The van der Waals surface area contributed by atoms with Gasteiger partial charge in [0.15, 0.2) is 93.5 Å². The fourth-order valence-electron chi connectivity index (χ4n) is 24.9. The number of ether oxygens (including phenoxy) is 4. The van der Waals surface area contributed by atoms with Crippen LogP contribution in [0.4, 0.5) is 0 Å². The molecular weight excluding hydrogens is 1270 g/mol. The highest BCUT2D eigenvalue weighted by Gasteiger charge is 2.78. The summed E-state index contributed by atoms with van der Waals surface area (Å²) in [7, 11) is 0. The number of aromatic hydroxyl groups is 4. The molecule has 20 nitrogen and oxygen atoms in total. The molecule has 10 aliphatic carbocycles. The van der Waals surface area contributed by atoms with Crippen LogP contribution in [0.25, 0.3) is 0 Å². The van der Waals surface area contributed by atoms with Crippen LogP contribution in [-0.2, 0) is 66.5 Å². The lowest BCUT2D eigenvalue weighted by Gasteiger charge is -2.63. The molecule has 528 valence electrons. The van der Waals surface area contributed by atoms with E-state index >= 15 is 0 Å². The van der Waals surface area contributed by atoms with Crippen molar-refractivity contribution >= 4 is 23.1 Å². The van der Waals surface area contributed by atoms with Gasteiger partial charge in [0.2, 0.25) is 0 Å². The van der Waals surface area contributed by atoms with E-state index in [9.17, 15) is 60.0 Å². The number of hydrogen-bond donors (Lipinski definition) is 8. The third kappa shape index (κ3) is 7.85. The number of carbonyl (C=O) groups is 4. The quantitative estimate of drug-likeness (QED) is 0.0882. The summed E-state index contributed by atoms with van der Waals surface area (Å²) in [6.07, 6.45) is 18.0. The molecule has 8 bridgehead atoms. The zero-order valence-corrected chi connectivity index (χ0v) is 56.8. The molecule has 4 unspecified atom stereocenters. The Bertz CT molecular complexity index is 3980. The first kappa shape index (κ1) is 64.0. The number of likely N-dealkylation sites (tertiary alicyclic amines) is 4. The van der Waals surface area contributed by atoms with Crippen molar-refractivity contribution in [2.45, 2.75) is 234 Å². The maximum Gasteiger partial charge on any atom is 0.174 e. The van der Waals surface area contributed by atoms with E-state index in [-0.39, 0.29) is 70.3 Å². The van der Waals surface area contributed by atoms with Crippen molar-refractivity contribution in [3.05, 3.63) is 118 Å². The molecule has 18 aliphatic rings. The van der Waals surface area contributed by atoms with E-state index in [0.717, 1.165) is 134 Å². The zero-order chi connectivity index (χ0) is 68.7. The van der Waals surface area contributed by atoms with Crippen LogP contribution in [0.5, 0.6) is 46.0 Å². The molecule has 4 aromatic carbocycles. The van der Waals surface area contributed by atoms with Crippen LogP contribution in [0.1, 0.15) is 160 Å². The Balaban J connectivity index is 0.0000000929. The molecule has 22 rings (SSSR count). The second-order valence-corrected chi connectivity index (χ2v) is 33.3. The fourth-order valence-corrected chi connectivity index (χ4v) is 24.9. The largest absolute Gasteiger partial charge is 0.504 e. The van der Waals surface area contributed by atoms with Crippen molar-refractivity contribution in [1.29, 1.82) is 0 Å². The number of phenols is 4. The average molecular weight is 1370 g/mol. The van der Waals surface area contributed by atoms with Crippen molar-refractivity contribution in [2.24, 2.45) is 11.8 Å². The molecule has 6 saturated carbocycles. The molecule has 16 atom stereocenters. The highest BCUT2D eigenvalue weighted by molar-refractivity contribution is 5.93. The summed E-state index contributed by atoms with van der Waals surface area (Å²) in [4.78, 5) is 60.3. The maximum absolute atomic E-state index is 12.8. The summed E-state index contributed by atoms with van der Waals surface area (Å²) >= 11 is 0. The molecular formula is C80H92N4O16. The first-order valence-electron chi connectivity index (χ1n) is 37.4. The highest BCUT2D eigenvalue weighted by atomic mass is 16.5. The van der Waals surface area contributed by atoms with Crippen molar-refractivity contribution in [2.75, 3.05) is 52.4 Å². The topological polar surface area (TPSA) is 280 Å². The standard InChI is InChI=1S/2C21H25NO4.2C19H21NO4/c2*23-14-5-4-13-10-16-21(25)7-6-15(24)19-20(21,17(13)18(14)26-19)8-9-22(16)11-12-2-1-3-12;2*1-2-8-20-9-7-18-15-11-3-4-12(21)16(15)24-17(18)13(22)5-6-19(18,23)14(20)10-11/h2*4-5,12,16,19,23,25H,1-3,6-11H2;2*2-4,14,17,21,23H,1,5-10H2/t2*16?,19-,20-,21+;2*14?,17-,18-,19+/m1010/s1. The van der Waals surface area contributed by atoms with Crippen LogP contribution in [0.15, 0.2) is 73.8 Å². The number of benzene rings is 4. The summed E-state index contributed by atoms with van der Waals surface area (Å²) in [6.45, 7) is 14.6.